The van der Waals surface area contributed by atoms with E-state index in [4.69, 9.17) is 5.11 Å². The van der Waals surface area contributed by atoms with Crippen LogP contribution in [0.3, 0.4) is 0 Å². The van der Waals surface area contributed by atoms with Crippen LogP contribution in [-0.2, 0) is 4.79 Å². The molecule has 0 aliphatic carbocycles. The summed E-state index contributed by atoms with van der Waals surface area (Å²) in [5, 5.41) is 29.0. The summed E-state index contributed by atoms with van der Waals surface area (Å²) in [4.78, 5) is 21.0. The predicted molar refractivity (Wildman–Crippen MR) is 60.0 cm³/mol. The Labute approximate surface area is 97.7 Å². The molecule has 17 heavy (non-hydrogen) atoms. The van der Waals surface area contributed by atoms with Crippen molar-refractivity contribution in [1.29, 1.82) is 0 Å². The van der Waals surface area contributed by atoms with Crippen LogP contribution in [0.25, 0.3) is 0 Å². The molecule has 0 aromatic heterocycles. The molecule has 0 bridgehead atoms. The number of carbonyl (C=O) groups is 1. The van der Waals surface area contributed by atoms with E-state index in [2.05, 4.69) is 0 Å². The van der Waals surface area contributed by atoms with Gasteiger partial charge in [-0.25, -0.2) is 0 Å². The quantitative estimate of drug-likeness (QED) is 0.619. The van der Waals surface area contributed by atoms with E-state index in [1.807, 2.05) is 0 Å². The Morgan fingerprint density at radius 1 is 1.41 bits per heavy atom. The molecule has 0 amide bonds. The van der Waals surface area contributed by atoms with Crippen LogP contribution < -0.4 is 0 Å². The van der Waals surface area contributed by atoms with Crippen molar-refractivity contribution >= 4 is 11.7 Å². The van der Waals surface area contributed by atoms with Crippen molar-refractivity contribution in [3.8, 4) is 5.75 Å². The monoisotopic (exact) mass is 239 g/mol. The van der Waals surface area contributed by atoms with Gasteiger partial charge in [0.05, 0.1) is 10.8 Å². The molecule has 0 fully saturated rings. The Bertz CT molecular complexity index is 455. The van der Waals surface area contributed by atoms with Crippen LogP contribution in [0, 0.1) is 16.0 Å². The van der Waals surface area contributed by atoms with Crippen LogP contribution >= 0.6 is 0 Å². The zero-order valence-corrected chi connectivity index (χ0v) is 9.45. The van der Waals surface area contributed by atoms with Crippen molar-refractivity contribution in [2.24, 2.45) is 5.92 Å². The van der Waals surface area contributed by atoms with E-state index < -0.39 is 28.2 Å². The van der Waals surface area contributed by atoms with Gasteiger partial charge in [0.25, 0.3) is 0 Å². The summed E-state index contributed by atoms with van der Waals surface area (Å²) in [5.41, 5.74) is -0.161. The Morgan fingerprint density at radius 3 is 2.41 bits per heavy atom. The van der Waals surface area contributed by atoms with Gasteiger partial charge >= 0.3 is 11.7 Å². The number of hydrogen-bond acceptors (Lipinski definition) is 4. The minimum absolute atomic E-state index is 0.198. The summed E-state index contributed by atoms with van der Waals surface area (Å²) in [7, 11) is 0. The molecule has 0 spiro atoms. The second kappa shape index (κ2) is 4.82. The average Bonchev–Trinajstić information content (AvgIpc) is 2.19. The topological polar surface area (TPSA) is 101 Å². The number of benzene rings is 1. The summed E-state index contributed by atoms with van der Waals surface area (Å²) in [6, 6.07) is 3.64. The maximum atomic E-state index is 11.1. The zero-order valence-electron chi connectivity index (χ0n) is 9.45. The molecule has 0 aliphatic heterocycles. The minimum Gasteiger partial charge on any atom is -0.502 e. The first-order valence-corrected chi connectivity index (χ1v) is 5.04. The fraction of sp³-hybridized carbons (Fsp3) is 0.364. The van der Waals surface area contributed by atoms with E-state index in [0.29, 0.717) is 5.56 Å². The summed E-state index contributed by atoms with van der Waals surface area (Å²) in [6.45, 7) is 3.44. The Morgan fingerprint density at radius 2 is 2.00 bits per heavy atom. The first-order valence-electron chi connectivity index (χ1n) is 5.04. The molecule has 0 heterocycles. The second-order valence-electron chi connectivity index (χ2n) is 4.07. The molecular weight excluding hydrogens is 226 g/mol. The van der Waals surface area contributed by atoms with Gasteiger partial charge in [-0.15, -0.1) is 0 Å². The molecule has 1 atom stereocenters. The number of rotatable bonds is 4. The summed E-state index contributed by atoms with van der Waals surface area (Å²) < 4.78 is 0. The third-order valence-corrected chi connectivity index (χ3v) is 2.49. The van der Waals surface area contributed by atoms with Crippen LogP contribution in [0.5, 0.6) is 5.75 Å². The van der Waals surface area contributed by atoms with Crippen molar-refractivity contribution in [2.45, 2.75) is 19.8 Å². The highest BCUT2D eigenvalue weighted by Gasteiger charge is 2.26. The smallest absolute Gasteiger partial charge is 0.311 e. The summed E-state index contributed by atoms with van der Waals surface area (Å²) in [5.74, 6) is -2.53. The van der Waals surface area contributed by atoms with E-state index in [0.717, 1.165) is 12.1 Å². The van der Waals surface area contributed by atoms with Crippen molar-refractivity contribution < 1.29 is 19.9 Å². The second-order valence-corrected chi connectivity index (χ2v) is 4.07. The van der Waals surface area contributed by atoms with E-state index in [9.17, 15) is 20.0 Å². The third-order valence-electron chi connectivity index (χ3n) is 2.49. The van der Waals surface area contributed by atoms with Gasteiger partial charge in [0.2, 0.25) is 0 Å². The Balaban J connectivity index is 3.26. The molecule has 6 nitrogen and oxygen atoms in total. The fourth-order valence-electron chi connectivity index (χ4n) is 1.69. The first-order chi connectivity index (χ1) is 7.84. The molecule has 6 heteroatoms. The first kappa shape index (κ1) is 13.0. The highest BCUT2D eigenvalue weighted by Crippen LogP contribution is 2.32. The summed E-state index contributed by atoms with van der Waals surface area (Å²) in [6.07, 6.45) is 0. The van der Waals surface area contributed by atoms with Gasteiger partial charge in [0.1, 0.15) is 0 Å². The average molecular weight is 239 g/mol. The number of phenolic OH excluding ortho intramolecular Hbond substituents is 1. The minimum atomic E-state index is -1.04. The number of nitro groups is 1. The van der Waals surface area contributed by atoms with Gasteiger partial charge in [-0.2, -0.15) is 0 Å². The van der Waals surface area contributed by atoms with Crippen LogP contribution in [0.2, 0.25) is 0 Å². The van der Waals surface area contributed by atoms with Gasteiger partial charge in [0, 0.05) is 6.07 Å². The van der Waals surface area contributed by atoms with Crippen LogP contribution in [0.4, 0.5) is 5.69 Å². The predicted octanol–water partition coefficient (Wildman–Crippen LogP) is 2.12. The maximum absolute atomic E-state index is 11.1. The van der Waals surface area contributed by atoms with E-state index in [1.54, 1.807) is 13.8 Å². The molecular formula is C11H13NO5. The van der Waals surface area contributed by atoms with E-state index in [-0.39, 0.29) is 5.92 Å². The summed E-state index contributed by atoms with van der Waals surface area (Å²) >= 11 is 0. The number of carboxylic acid groups (broad SMARTS) is 1. The van der Waals surface area contributed by atoms with Gasteiger partial charge < -0.3 is 10.2 Å². The normalized spacial score (nSPS) is 12.4. The van der Waals surface area contributed by atoms with E-state index >= 15 is 0 Å². The van der Waals surface area contributed by atoms with Crippen LogP contribution in [-0.4, -0.2) is 21.1 Å². The number of phenols is 1. The third kappa shape index (κ3) is 2.72. The molecule has 0 saturated heterocycles. The molecule has 1 aromatic rings. The lowest BCUT2D eigenvalue weighted by Gasteiger charge is -2.16. The van der Waals surface area contributed by atoms with Crippen LogP contribution in [0.15, 0.2) is 18.2 Å². The highest BCUT2D eigenvalue weighted by molar-refractivity contribution is 5.77. The fourth-order valence-corrected chi connectivity index (χ4v) is 1.69. The van der Waals surface area contributed by atoms with Gasteiger partial charge in [-0.3, -0.25) is 14.9 Å². The van der Waals surface area contributed by atoms with Crippen LogP contribution in [0.1, 0.15) is 25.3 Å². The van der Waals surface area contributed by atoms with Crippen molar-refractivity contribution in [2.75, 3.05) is 0 Å². The number of carboxylic acids is 1. The Kier molecular flexibility index (Phi) is 3.67. The number of aromatic hydroxyl groups is 1. The molecule has 1 rings (SSSR count). The molecule has 92 valence electrons. The number of nitro benzene ring substituents is 1. The van der Waals surface area contributed by atoms with Crippen molar-refractivity contribution in [1.82, 2.24) is 0 Å². The van der Waals surface area contributed by atoms with E-state index in [1.165, 1.54) is 6.07 Å². The molecule has 0 saturated carbocycles. The standard InChI is InChI=1S/C11H13NO5/c1-6(2)10(11(14)15)7-3-4-9(13)8(5-7)12(16)17/h3-6,10,13H,1-2H3,(H,14,15). The zero-order chi connectivity index (χ0) is 13.2. The number of aliphatic carboxylic acids is 1. The lowest BCUT2D eigenvalue weighted by molar-refractivity contribution is -0.385. The maximum Gasteiger partial charge on any atom is 0.311 e. The van der Waals surface area contributed by atoms with Crippen molar-refractivity contribution in [3.05, 3.63) is 33.9 Å². The molecule has 0 radical (unpaired) electrons. The van der Waals surface area contributed by atoms with Gasteiger partial charge in [0.15, 0.2) is 5.75 Å². The molecule has 2 N–H and O–H groups in total. The lowest BCUT2D eigenvalue weighted by atomic mass is 9.88. The SMILES string of the molecule is CC(C)C(C(=O)O)c1ccc(O)c([N+](=O)[O-])c1. The lowest BCUT2D eigenvalue weighted by Crippen LogP contribution is -2.17. The van der Waals surface area contributed by atoms with Gasteiger partial charge in [-0.1, -0.05) is 19.9 Å². The number of nitrogens with zero attached hydrogens (tertiary/aromatic N) is 1. The van der Waals surface area contributed by atoms with Gasteiger partial charge in [-0.05, 0) is 17.5 Å². The Hall–Kier alpha value is -2.11. The molecule has 1 unspecified atom stereocenters. The number of hydrogen-bond donors (Lipinski definition) is 2. The highest BCUT2D eigenvalue weighted by atomic mass is 16.6. The molecule has 0 aliphatic rings. The largest absolute Gasteiger partial charge is 0.502 e. The molecule has 1 aromatic carbocycles. The van der Waals surface area contributed by atoms with Crippen molar-refractivity contribution in [3.63, 3.8) is 0 Å².